The summed E-state index contributed by atoms with van der Waals surface area (Å²) in [7, 11) is 0. The average Bonchev–Trinajstić information content (AvgIpc) is 2.59. The highest BCUT2D eigenvalue weighted by Gasteiger charge is 2.30. The van der Waals surface area contributed by atoms with E-state index >= 15 is 0 Å². The molecule has 82 valence electrons. The Hall–Kier alpha value is -1.16. The zero-order valence-corrected chi connectivity index (χ0v) is 9.27. The summed E-state index contributed by atoms with van der Waals surface area (Å²) in [5.74, 6) is 1.49. The van der Waals surface area contributed by atoms with Gasteiger partial charge in [-0.25, -0.2) is 0 Å². The molecule has 2 aliphatic rings. The predicted molar refractivity (Wildman–Crippen MR) is 62.2 cm³/mol. The van der Waals surface area contributed by atoms with Gasteiger partial charge in [0.25, 0.3) is 0 Å². The Morgan fingerprint density at radius 1 is 1.47 bits per heavy atom. The lowest BCUT2D eigenvalue weighted by Crippen LogP contribution is -2.42. The van der Waals surface area contributed by atoms with Crippen LogP contribution in [0.1, 0.15) is 13.8 Å². The quantitative estimate of drug-likeness (QED) is 0.664. The summed E-state index contributed by atoms with van der Waals surface area (Å²) < 4.78 is 0. The monoisotopic (exact) mass is 206 g/mol. The number of aliphatic imine (C=N–C) groups is 1. The third-order valence-corrected chi connectivity index (χ3v) is 3.29. The van der Waals surface area contributed by atoms with E-state index in [2.05, 4.69) is 29.1 Å². The maximum absolute atomic E-state index is 7.10. The second-order valence-corrected chi connectivity index (χ2v) is 4.52. The van der Waals surface area contributed by atoms with Crippen LogP contribution in [0.5, 0.6) is 0 Å². The van der Waals surface area contributed by atoms with E-state index in [0.717, 1.165) is 30.5 Å². The lowest BCUT2D eigenvalue weighted by Gasteiger charge is -2.26. The van der Waals surface area contributed by atoms with E-state index in [9.17, 15) is 0 Å². The Morgan fingerprint density at radius 2 is 2.13 bits per heavy atom. The number of likely N-dealkylation sites (tertiary alicyclic amines) is 1. The molecule has 0 spiro atoms. The van der Waals surface area contributed by atoms with Crippen LogP contribution in [0.25, 0.3) is 0 Å². The first kappa shape index (κ1) is 10.4. The molecular formula is C11H18N4. The van der Waals surface area contributed by atoms with Crippen molar-refractivity contribution in [3.05, 3.63) is 11.8 Å². The summed E-state index contributed by atoms with van der Waals surface area (Å²) in [6.07, 6.45) is 5.00. The second-order valence-electron chi connectivity index (χ2n) is 4.52. The molecule has 0 aromatic heterocycles. The highest BCUT2D eigenvalue weighted by atomic mass is 15.4. The number of nitrogens with one attached hydrogen (secondary N) is 2. The van der Waals surface area contributed by atoms with Crippen LogP contribution in [0.15, 0.2) is 16.8 Å². The number of hydrogen-bond donors (Lipinski definition) is 2. The molecule has 2 aliphatic heterocycles. The smallest absolute Gasteiger partial charge is 0.175 e. The minimum absolute atomic E-state index is 0.0705. The minimum atomic E-state index is 0.0705. The normalized spacial score (nSPS) is 36.1. The van der Waals surface area contributed by atoms with Gasteiger partial charge in [-0.1, -0.05) is 13.8 Å². The lowest BCUT2D eigenvalue weighted by atomic mass is 10.0. The second kappa shape index (κ2) is 4.14. The first-order valence-corrected chi connectivity index (χ1v) is 5.44. The first-order valence-electron chi connectivity index (χ1n) is 5.44. The third-order valence-electron chi connectivity index (χ3n) is 3.29. The molecule has 0 amide bonds. The van der Waals surface area contributed by atoms with E-state index in [1.807, 2.05) is 6.20 Å². The summed E-state index contributed by atoms with van der Waals surface area (Å²) in [5, 5.41) is 10.3. The molecule has 1 fully saturated rings. The van der Waals surface area contributed by atoms with E-state index in [-0.39, 0.29) is 6.29 Å². The molecule has 15 heavy (non-hydrogen) atoms. The van der Waals surface area contributed by atoms with Crippen LogP contribution in [0.2, 0.25) is 0 Å². The van der Waals surface area contributed by atoms with Crippen molar-refractivity contribution in [1.29, 1.82) is 5.41 Å². The van der Waals surface area contributed by atoms with Crippen LogP contribution in [0.3, 0.4) is 0 Å². The molecule has 2 rings (SSSR count). The Kier molecular flexibility index (Phi) is 2.86. The first-order chi connectivity index (χ1) is 7.20. The van der Waals surface area contributed by atoms with Crippen molar-refractivity contribution in [3.8, 4) is 0 Å². The maximum Gasteiger partial charge on any atom is 0.175 e. The predicted octanol–water partition coefficient (Wildman–Crippen LogP) is 1.07. The number of rotatable bonds is 2. The van der Waals surface area contributed by atoms with Crippen molar-refractivity contribution in [2.75, 3.05) is 13.1 Å². The SMILES string of the molecule is CC1CN(C2N=CC(C=N)=CN2)CC1C. The molecule has 2 N–H and O–H groups in total. The molecule has 3 atom stereocenters. The van der Waals surface area contributed by atoms with E-state index < -0.39 is 0 Å². The van der Waals surface area contributed by atoms with E-state index in [4.69, 9.17) is 5.41 Å². The van der Waals surface area contributed by atoms with Crippen molar-refractivity contribution in [1.82, 2.24) is 10.2 Å². The summed E-state index contributed by atoms with van der Waals surface area (Å²) in [5.41, 5.74) is 0.826. The van der Waals surface area contributed by atoms with Crippen LogP contribution < -0.4 is 5.32 Å². The molecular weight excluding hydrogens is 188 g/mol. The topological polar surface area (TPSA) is 51.5 Å². The van der Waals surface area contributed by atoms with Gasteiger partial charge in [0.05, 0.1) is 0 Å². The van der Waals surface area contributed by atoms with Gasteiger partial charge >= 0.3 is 0 Å². The zero-order valence-electron chi connectivity index (χ0n) is 9.27. The molecule has 4 heteroatoms. The van der Waals surface area contributed by atoms with Crippen molar-refractivity contribution in [3.63, 3.8) is 0 Å². The van der Waals surface area contributed by atoms with Crippen molar-refractivity contribution in [2.24, 2.45) is 16.8 Å². The highest BCUT2D eigenvalue weighted by molar-refractivity contribution is 6.03. The highest BCUT2D eigenvalue weighted by Crippen LogP contribution is 2.24. The van der Waals surface area contributed by atoms with Crippen molar-refractivity contribution >= 4 is 12.4 Å². The fourth-order valence-corrected chi connectivity index (χ4v) is 2.06. The van der Waals surface area contributed by atoms with E-state index in [1.54, 1.807) is 6.21 Å². The summed E-state index contributed by atoms with van der Waals surface area (Å²) >= 11 is 0. The number of hydrogen-bond acceptors (Lipinski definition) is 4. The molecule has 0 aromatic rings. The summed E-state index contributed by atoms with van der Waals surface area (Å²) in [6, 6.07) is 0. The minimum Gasteiger partial charge on any atom is -0.357 e. The molecule has 1 saturated heterocycles. The van der Waals surface area contributed by atoms with Gasteiger partial charge in [0, 0.05) is 37.3 Å². The van der Waals surface area contributed by atoms with E-state index in [0.29, 0.717) is 0 Å². The number of allylic oxidation sites excluding steroid dienone is 1. The van der Waals surface area contributed by atoms with Gasteiger partial charge in [-0.05, 0) is 11.8 Å². The van der Waals surface area contributed by atoms with Crippen LogP contribution >= 0.6 is 0 Å². The van der Waals surface area contributed by atoms with Crippen LogP contribution in [-0.2, 0) is 0 Å². The Bertz CT molecular complexity index is 298. The molecule has 0 aromatic carbocycles. The third kappa shape index (κ3) is 2.09. The fourth-order valence-electron chi connectivity index (χ4n) is 2.06. The molecule has 0 radical (unpaired) electrons. The standard InChI is InChI=1S/C11H18N4/c1-8-6-15(7-9(8)2)11-13-4-10(3-12)5-14-11/h3-5,8-9,11-13H,6-7H2,1-2H3. The Balaban J connectivity index is 1.96. The molecule has 0 aliphatic carbocycles. The molecule has 3 unspecified atom stereocenters. The summed E-state index contributed by atoms with van der Waals surface area (Å²) in [6.45, 7) is 6.78. The van der Waals surface area contributed by atoms with Gasteiger partial charge in [0.1, 0.15) is 0 Å². The fraction of sp³-hybridized carbons (Fsp3) is 0.636. The zero-order chi connectivity index (χ0) is 10.8. The van der Waals surface area contributed by atoms with Gasteiger partial charge in [0.2, 0.25) is 0 Å². The molecule has 0 bridgehead atoms. The van der Waals surface area contributed by atoms with Gasteiger partial charge in [0.15, 0.2) is 6.29 Å². The number of nitrogens with zero attached hydrogens (tertiary/aromatic N) is 2. The van der Waals surface area contributed by atoms with Crippen LogP contribution in [0, 0.1) is 17.2 Å². The van der Waals surface area contributed by atoms with Crippen molar-refractivity contribution < 1.29 is 0 Å². The molecule has 0 saturated carbocycles. The maximum atomic E-state index is 7.10. The average molecular weight is 206 g/mol. The van der Waals surface area contributed by atoms with Crippen LogP contribution in [-0.4, -0.2) is 36.7 Å². The largest absolute Gasteiger partial charge is 0.357 e. The summed E-state index contributed by atoms with van der Waals surface area (Å²) in [4.78, 5) is 6.75. The van der Waals surface area contributed by atoms with E-state index in [1.165, 1.54) is 6.21 Å². The Labute approximate surface area is 90.6 Å². The lowest BCUT2D eigenvalue weighted by molar-refractivity contribution is 0.217. The molecule has 4 nitrogen and oxygen atoms in total. The van der Waals surface area contributed by atoms with Gasteiger partial charge < -0.3 is 10.7 Å². The van der Waals surface area contributed by atoms with Gasteiger partial charge in [-0.2, -0.15) is 0 Å². The Morgan fingerprint density at radius 3 is 2.60 bits per heavy atom. The van der Waals surface area contributed by atoms with Gasteiger partial charge in [-0.15, -0.1) is 0 Å². The molecule has 2 heterocycles. The van der Waals surface area contributed by atoms with Crippen molar-refractivity contribution in [2.45, 2.75) is 20.1 Å². The van der Waals surface area contributed by atoms with Crippen LogP contribution in [0.4, 0.5) is 0 Å². The van der Waals surface area contributed by atoms with Gasteiger partial charge in [-0.3, -0.25) is 9.89 Å².